The van der Waals surface area contributed by atoms with Crippen LogP contribution in [0.4, 0.5) is 0 Å². The van der Waals surface area contributed by atoms with Crippen LogP contribution < -0.4 is 0 Å². The molecule has 528 valence electrons. The predicted octanol–water partition coefficient (Wildman–Crippen LogP) is 19.8. The zero-order valence-electron chi connectivity index (χ0n) is 57.9. The first-order valence-electron chi connectivity index (χ1n) is 36.3. The summed E-state index contributed by atoms with van der Waals surface area (Å²) >= 11 is 0. The van der Waals surface area contributed by atoms with Gasteiger partial charge in [0, 0.05) is 25.7 Å². The van der Waals surface area contributed by atoms with Gasteiger partial charge in [-0.25, -0.2) is 9.13 Å². The van der Waals surface area contributed by atoms with Crippen molar-refractivity contribution in [2.24, 2.45) is 17.8 Å². The number of aliphatic hydroxyl groups excluding tert-OH is 1. The zero-order chi connectivity index (χ0) is 65.9. The molecule has 0 bridgehead atoms. The lowest BCUT2D eigenvalue weighted by Crippen LogP contribution is -2.30. The Morgan fingerprint density at radius 1 is 0.303 bits per heavy atom. The summed E-state index contributed by atoms with van der Waals surface area (Å²) in [4.78, 5) is 72.5. The first-order chi connectivity index (χ1) is 42.7. The molecule has 0 aliphatic rings. The Balaban J connectivity index is 5.24. The number of unbranched alkanes of at least 4 members (excludes halogenated alkanes) is 36. The molecule has 0 amide bonds. The van der Waals surface area contributed by atoms with E-state index in [-0.39, 0.29) is 25.7 Å². The van der Waals surface area contributed by atoms with Crippen molar-refractivity contribution in [3.63, 3.8) is 0 Å². The van der Waals surface area contributed by atoms with E-state index >= 15 is 0 Å². The SMILES string of the molecule is CCCCCCCCCCC(=O)OC[C@H](COP(=O)(O)OC[C@H](O)COP(=O)(O)OC[C@@H](COC(=O)CCCCCCCCCCCCCC(C)C)OC(=O)CCCCCCCCCCCCCC(C)C)OC(=O)CCCCCCCCCCCCC(C)C. The minimum Gasteiger partial charge on any atom is -0.462 e. The van der Waals surface area contributed by atoms with Crippen molar-refractivity contribution < 1.29 is 80.2 Å². The third-order valence-corrected chi connectivity index (χ3v) is 18.0. The molecule has 0 aromatic carbocycles. The van der Waals surface area contributed by atoms with Crippen molar-refractivity contribution in [2.75, 3.05) is 39.6 Å². The molecule has 89 heavy (non-hydrogen) atoms. The topological polar surface area (TPSA) is 237 Å². The van der Waals surface area contributed by atoms with E-state index in [0.29, 0.717) is 25.7 Å². The Morgan fingerprint density at radius 2 is 0.517 bits per heavy atom. The molecule has 0 aliphatic heterocycles. The van der Waals surface area contributed by atoms with E-state index in [0.717, 1.165) is 114 Å². The quantitative estimate of drug-likeness (QED) is 0.0222. The third kappa shape index (κ3) is 64.6. The maximum atomic E-state index is 13.0. The molecule has 0 spiro atoms. The van der Waals surface area contributed by atoms with Crippen LogP contribution in [0, 0.1) is 17.8 Å². The molecule has 2 unspecified atom stereocenters. The number of carbonyl (C=O) groups is 4. The van der Waals surface area contributed by atoms with Gasteiger partial charge in [0.15, 0.2) is 12.2 Å². The van der Waals surface area contributed by atoms with Crippen LogP contribution in [0.5, 0.6) is 0 Å². The van der Waals surface area contributed by atoms with Crippen LogP contribution in [-0.2, 0) is 65.4 Å². The number of phosphoric ester groups is 2. The van der Waals surface area contributed by atoms with Gasteiger partial charge in [-0.15, -0.1) is 0 Å². The minimum absolute atomic E-state index is 0.105. The van der Waals surface area contributed by atoms with Gasteiger partial charge in [0.1, 0.15) is 19.3 Å². The lowest BCUT2D eigenvalue weighted by Gasteiger charge is -2.21. The predicted molar refractivity (Wildman–Crippen MR) is 358 cm³/mol. The average Bonchev–Trinajstić information content (AvgIpc) is 3.68. The van der Waals surface area contributed by atoms with Gasteiger partial charge in [-0.1, -0.05) is 299 Å². The summed E-state index contributed by atoms with van der Waals surface area (Å²) in [5.41, 5.74) is 0. The summed E-state index contributed by atoms with van der Waals surface area (Å²) in [5, 5.41) is 10.6. The smallest absolute Gasteiger partial charge is 0.462 e. The van der Waals surface area contributed by atoms with Gasteiger partial charge < -0.3 is 33.8 Å². The van der Waals surface area contributed by atoms with Gasteiger partial charge in [-0.2, -0.15) is 0 Å². The summed E-state index contributed by atoms with van der Waals surface area (Å²) < 4.78 is 68.2. The molecule has 3 N–H and O–H groups in total. The van der Waals surface area contributed by atoms with Crippen molar-refractivity contribution in [3.8, 4) is 0 Å². The third-order valence-electron chi connectivity index (χ3n) is 16.1. The van der Waals surface area contributed by atoms with Crippen LogP contribution in [-0.4, -0.2) is 96.7 Å². The highest BCUT2D eigenvalue weighted by atomic mass is 31.2. The maximum Gasteiger partial charge on any atom is 0.472 e. The molecule has 0 rings (SSSR count). The van der Waals surface area contributed by atoms with Gasteiger partial charge in [0.05, 0.1) is 26.4 Å². The largest absolute Gasteiger partial charge is 0.472 e. The van der Waals surface area contributed by atoms with Crippen LogP contribution in [0.25, 0.3) is 0 Å². The molecule has 0 saturated heterocycles. The molecule has 0 aliphatic carbocycles. The number of esters is 4. The normalized spacial score (nSPS) is 14.2. The van der Waals surface area contributed by atoms with Gasteiger partial charge >= 0.3 is 39.5 Å². The Labute approximate surface area is 543 Å². The number of hydrogen-bond acceptors (Lipinski definition) is 15. The highest BCUT2D eigenvalue weighted by Crippen LogP contribution is 2.45. The Hall–Kier alpha value is -1.94. The first kappa shape index (κ1) is 87.1. The lowest BCUT2D eigenvalue weighted by atomic mass is 10.0. The Kier molecular flexibility index (Phi) is 59.6. The molecule has 0 radical (unpaired) electrons. The number of phosphoric acid groups is 2. The van der Waals surface area contributed by atoms with Crippen LogP contribution >= 0.6 is 15.6 Å². The Morgan fingerprint density at radius 3 is 0.764 bits per heavy atom. The van der Waals surface area contributed by atoms with Crippen LogP contribution in [0.15, 0.2) is 0 Å². The monoisotopic (exact) mass is 1310 g/mol. The highest BCUT2D eigenvalue weighted by molar-refractivity contribution is 7.47. The van der Waals surface area contributed by atoms with Gasteiger partial charge in [-0.05, 0) is 43.4 Å². The summed E-state index contributed by atoms with van der Waals surface area (Å²) in [6.45, 7) is 11.8. The number of carbonyl (C=O) groups excluding carboxylic acids is 4. The molecular formula is C70H136O17P2. The van der Waals surface area contributed by atoms with Crippen LogP contribution in [0.1, 0.15) is 350 Å². The fraction of sp³-hybridized carbons (Fsp3) is 0.943. The molecule has 0 saturated carbocycles. The standard InChI is InChI=1S/C70H136O17P2/c1-8-9-10-11-12-30-37-44-51-67(72)80-57-65(86-70(75)54-47-40-33-26-20-19-23-29-36-43-50-63(6)7)59-84-88(76,77)82-55-64(71)56-83-89(78,79)85-60-66(87-69(74)53-46-39-32-25-18-14-16-22-28-35-42-49-62(4)5)58-81-68(73)52-45-38-31-24-17-13-15-21-27-34-41-48-61(2)3/h61-66,71H,8-60H2,1-7H3,(H,76,77)(H,78,79)/t64-,65+,66+/m0/s1. The lowest BCUT2D eigenvalue weighted by molar-refractivity contribution is -0.161. The number of rotatable bonds is 68. The highest BCUT2D eigenvalue weighted by Gasteiger charge is 2.30. The van der Waals surface area contributed by atoms with Gasteiger partial charge in [0.25, 0.3) is 0 Å². The summed E-state index contributed by atoms with van der Waals surface area (Å²) in [6, 6.07) is 0. The molecule has 0 fully saturated rings. The van der Waals surface area contributed by atoms with E-state index in [9.17, 15) is 43.2 Å². The second-order valence-electron chi connectivity index (χ2n) is 26.7. The van der Waals surface area contributed by atoms with Crippen molar-refractivity contribution in [1.29, 1.82) is 0 Å². The second kappa shape index (κ2) is 61.0. The van der Waals surface area contributed by atoms with Crippen molar-refractivity contribution >= 4 is 39.5 Å². The van der Waals surface area contributed by atoms with Crippen LogP contribution in [0.2, 0.25) is 0 Å². The van der Waals surface area contributed by atoms with Gasteiger partial charge in [0.2, 0.25) is 0 Å². The molecule has 17 nitrogen and oxygen atoms in total. The molecule has 5 atom stereocenters. The molecule has 0 aromatic rings. The van der Waals surface area contributed by atoms with E-state index in [1.165, 1.54) is 154 Å². The van der Waals surface area contributed by atoms with Gasteiger partial charge in [-0.3, -0.25) is 37.3 Å². The summed E-state index contributed by atoms with van der Waals surface area (Å²) in [5.74, 6) is 0.161. The zero-order valence-corrected chi connectivity index (χ0v) is 59.7. The average molecular weight is 1310 g/mol. The van der Waals surface area contributed by atoms with E-state index in [1.54, 1.807) is 0 Å². The van der Waals surface area contributed by atoms with E-state index in [1.807, 2.05) is 0 Å². The van der Waals surface area contributed by atoms with E-state index < -0.39 is 97.5 Å². The Bertz CT molecular complexity index is 1750. The maximum absolute atomic E-state index is 13.0. The fourth-order valence-electron chi connectivity index (χ4n) is 10.5. The molecule has 19 heteroatoms. The van der Waals surface area contributed by atoms with Crippen molar-refractivity contribution in [1.82, 2.24) is 0 Å². The summed E-state index contributed by atoms with van der Waals surface area (Å²) in [6.07, 6.45) is 44.4. The van der Waals surface area contributed by atoms with E-state index in [4.69, 9.17) is 37.0 Å². The van der Waals surface area contributed by atoms with Crippen molar-refractivity contribution in [3.05, 3.63) is 0 Å². The number of ether oxygens (including phenoxy) is 4. The molecular weight excluding hydrogens is 1170 g/mol. The van der Waals surface area contributed by atoms with Crippen LogP contribution in [0.3, 0.4) is 0 Å². The number of hydrogen-bond donors (Lipinski definition) is 3. The molecule has 0 aromatic heterocycles. The summed E-state index contributed by atoms with van der Waals surface area (Å²) in [7, 11) is -9.90. The first-order valence-corrected chi connectivity index (χ1v) is 39.3. The minimum atomic E-state index is -4.95. The second-order valence-corrected chi connectivity index (χ2v) is 29.6. The van der Waals surface area contributed by atoms with E-state index in [2.05, 4.69) is 48.5 Å². The fourth-order valence-corrected chi connectivity index (χ4v) is 12.1. The number of aliphatic hydroxyl groups is 1. The molecule has 0 heterocycles. The van der Waals surface area contributed by atoms with Crippen molar-refractivity contribution in [2.45, 2.75) is 369 Å².